The van der Waals surface area contributed by atoms with Crippen LogP contribution in [0, 0.1) is 11.8 Å². The van der Waals surface area contributed by atoms with Crippen molar-refractivity contribution in [1.29, 1.82) is 0 Å². The summed E-state index contributed by atoms with van der Waals surface area (Å²) in [7, 11) is 0. The summed E-state index contributed by atoms with van der Waals surface area (Å²) in [4.78, 5) is 19.9. The molecular formula is C19H12ClN3O2S. The highest BCUT2D eigenvalue weighted by atomic mass is 35.5. The average Bonchev–Trinajstić information content (AvgIpc) is 2.65. The Balaban J connectivity index is 1.94. The Hall–Kier alpha value is -3.01. The monoisotopic (exact) mass is 381 g/mol. The van der Waals surface area contributed by atoms with Gasteiger partial charge in [-0.3, -0.25) is 10.1 Å². The average molecular weight is 382 g/mol. The van der Waals surface area contributed by atoms with Crippen LogP contribution in [-0.2, 0) is 4.79 Å². The SMILES string of the molecule is O=CNc1ncc(C#Cc2ccc(Cl)cc2)c(Sc2ccc(O)cc2)n1. The number of anilines is 1. The number of amides is 1. The van der Waals surface area contributed by atoms with Gasteiger partial charge in [0.25, 0.3) is 0 Å². The van der Waals surface area contributed by atoms with Crippen molar-refractivity contribution >= 4 is 35.7 Å². The van der Waals surface area contributed by atoms with E-state index in [9.17, 15) is 9.90 Å². The number of hydrogen-bond acceptors (Lipinski definition) is 5. The maximum atomic E-state index is 10.6. The van der Waals surface area contributed by atoms with Gasteiger partial charge in [-0.15, -0.1) is 0 Å². The zero-order chi connectivity index (χ0) is 18.4. The minimum absolute atomic E-state index is 0.183. The molecule has 7 heteroatoms. The number of phenolic OH excluding ortho intramolecular Hbond substituents is 1. The van der Waals surface area contributed by atoms with Crippen LogP contribution in [0.15, 0.2) is 64.6 Å². The third-order valence-electron chi connectivity index (χ3n) is 3.18. The van der Waals surface area contributed by atoms with E-state index >= 15 is 0 Å². The summed E-state index contributed by atoms with van der Waals surface area (Å²) in [6.07, 6.45) is 2.08. The maximum Gasteiger partial charge on any atom is 0.230 e. The van der Waals surface area contributed by atoms with E-state index in [1.54, 1.807) is 42.6 Å². The Morgan fingerprint density at radius 3 is 2.50 bits per heavy atom. The number of phenols is 1. The normalized spacial score (nSPS) is 9.88. The zero-order valence-electron chi connectivity index (χ0n) is 13.3. The molecule has 0 saturated carbocycles. The fraction of sp³-hybridized carbons (Fsp3) is 0. The predicted octanol–water partition coefficient (Wildman–Crippen LogP) is 3.95. The Kier molecular flexibility index (Phi) is 5.74. The first kappa shape index (κ1) is 17.8. The van der Waals surface area contributed by atoms with Crippen LogP contribution in [-0.4, -0.2) is 21.5 Å². The van der Waals surface area contributed by atoms with Gasteiger partial charge in [-0.2, -0.15) is 0 Å². The number of carbonyl (C=O) groups is 1. The van der Waals surface area contributed by atoms with Crippen molar-refractivity contribution in [2.75, 3.05) is 5.32 Å². The summed E-state index contributed by atoms with van der Waals surface area (Å²) in [5, 5.41) is 13.1. The van der Waals surface area contributed by atoms with Gasteiger partial charge in [0.1, 0.15) is 10.8 Å². The second-order valence-electron chi connectivity index (χ2n) is 5.03. The Labute approximate surface area is 159 Å². The van der Waals surface area contributed by atoms with E-state index in [1.165, 1.54) is 11.8 Å². The quantitative estimate of drug-likeness (QED) is 0.406. The molecule has 0 fully saturated rings. The van der Waals surface area contributed by atoms with Crippen molar-refractivity contribution in [3.8, 4) is 17.6 Å². The van der Waals surface area contributed by atoms with E-state index in [1.807, 2.05) is 12.1 Å². The molecule has 2 aromatic carbocycles. The van der Waals surface area contributed by atoms with Gasteiger partial charge in [-0.25, -0.2) is 9.97 Å². The second-order valence-corrected chi connectivity index (χ2v) is 6.53. The van der Waals surface area contributed by atoms with Gasteiger partial charge in [0, 0.05) is 21.7 Å². The second kappa shape index (κ2) is 8.39. The minimum atomic E-state index is 0.183. The molecule has 0 spiro atoms. The third-order valence-corrected chi connectivity index (χ3v) is 4.44. The van der Waals surface area contributed by atoms with Crippen LogP contribution in [0.1, 0.15) is 11.1 Å². The molecule has 0 bridgehead atoms. The van der Waals surface area contributed by atoms with Gasteiger partial charge in [0.2, 0.25) is 12.4 Å². The number of halogens is 1. The fourth-order valence-corrected chi connectivity index (χ4v) is 2.92. The lowest BCUT2D eigenvalue weighted by atomic mass is 10.2. The number of hydrogen-bond donors (Lipinski definition) is 2. The van der Waals surface area contributed by atoms with Crippen LogP contribution in [0.25, 0.3) is 0 Å². The van der Waals surface area contributed by atoms with Crippen molar-refractivity contribution in [1.82, 2.24) is 9.97 Å². The first-order valence-electron chi connectivity index (χ1n) is 7.46. The first-order valence-corrected chi connectivity index (χ1v) is 8.65. The van der Waals surface area contributed by atoms with Crippen molar-refractivity contribution in [3.63, 3.8) is 0 Å². The van der Waals surface area contributed by atoms with Crippen molar-refractivity contribution in [3.05, 3.63) is 70.9 Å². The van der Waals surface area contributed by atoms with E-state index in [4.69, 9.17) is 11.6 Å². The van der Waals surface area contributed by atoms with Crippen LogP contribution >= 0.6 is 23.4 Å². The zero-order valence-corrected chi connectivity index (χ0v) is 14.9. The molecule has 3 rings (SSSR count). The number of carbonyl (C=O) groups excluding carboxylic acids is 1. The number of benzene rings is 2. The van der Waals surface area contributed by atoms with Gasteiger partial charge in [-0.05, 0) is 48.5 Å². The van der Waals surface area contributed by atoms with Gasteiger partial charge < -0.3 is 5.11 Å². The summed E-state index contributed by atoms with van der Waals surface area (Å²) < 4.78 is 0. The van der Waals surface area contributed by atoms with Crippen LogP contribution in [0.2, 0.25) is 5.02 Å². The molecule has 1 amide bonds. The molecular weight excluding hydrogens is 370 g/mol. The molecule has 0 atom stereocenters. The third kappa shape index (κ3) is 4.76. The molecule has 3 aromatic rings. The molecule has 0 radical (unpaired) electrons. The molecule has 2 N–H and O–H groups in total. The van der Waals surface area contributed by atoms with Crippen LogP contribution in [0.5, 0.6) is 5.75 Å². The summed E-state index contributed by atoms with van der Waals surface area (Å²) >= 11 is 7.24. The first-order chi connectivity index (χ1) is 12.6. The molecule has 1 aromatic heterocycles. The van der Waals surface area contributed by atoms with Gasteiger partial charge >= 0.3 is 0 Å². The Morgan fingerprint density at radius 2 is 1.81 bits per heavy atom. The molecule has 0 aliphatic rings. The molecule has 0 aliphatic carbocycles. The molecule has 0 unspecified atom stereocenters. The molecule has 128 valence electrons. The van der Waals surface area contributed by atoms with E-state index in [0.29, 0.717) is 22.0 Å². The predicted molar refractivity (Wildman–Crippen MR) is 101 cm³/mol. The highest BCUT2D eigenvalue weighted by molar-refractivity contribution is 7.99. The minimum Gasteiger partial charge on any atom is -0.508 e. The topological polar surface area (TPSA) is 75.1 Å². The molecule has 1 heterocycles. The number of aromatic nitrogens is 2. The smallest absolute Gasteiger partial charge is 0.230 e. The van der Waals surface area contributed by atoms with Crippen LogP contribution in [0.3, 0.4) is 0 Å². The van der Waals surface area contributed by atoms with Crippen LogP contribution in [0.4, 0.5) is 5.95 Å². The Bertz CT molecular complexity index is 980. The summed E-state index contributed by atoms with van der Waals surface area (Å²) in [5.74, 6) is 6.46. The highest BCUT2D eigenvalue weighted by Crippen LogP contribution is 2.30. The van der Waals surface area contributed by atoms with Gasteiger partial charge in [0.15, 0.2) is 0 Å². The number of nitrogens with one attached hydrogen (secondary N) is 1. The standard InChI is InChI=1S/C19H12ClN3O2S/c20-15-5-2-13(3-6-15)1-4-14-11-21-19(22-12-24)23-18(14)26-17-9-7-16(25)8-10-17/h2-3,5-12,25H,(H,21,22,23,24). The summed E-state index contributed by atoms with van der Waals surface area (Å²) in [5.41, 5.74) is 1.43. The lowest BCUT2D eigenvalue weighted by Gasteiger charge is -2.05. The van der Waals surface area contributed by atoms with Crippen molar-refractivity contribution in [2.24, 2.45) is 0 Å². The lowest BCUT2D eigenvalue weighted by molar-refractivity contribution is -0.105. The van der Waals surface area contributed by atoms with E-state index < -0.39 is 0 Å². The van der Waals surface area contributed by atoms with Crippen molar-refractivity contribution < 1.29 is 9.90 Å². The van der Waals surface area contributed by atoms with Crippen molar-refractivity contribution in [2.45, 2.75) is 9.92 Å². The van der Waals surface area contributed by atoms with Crippen LogP contribution < -0.4 is 5.32 Å². The summed E-state index contributed by atoms with van der Waals surface area (Å²) in [6.45, 7) is 0. The molecule has 5 nitrogen and oxygen atoms in total. The number of nitrogens with zero attached hydrogens (tertiary/aromatic N) is 2. The highest BCUT2D eigenvalue weighted by Gasteiger charge is 2.08. The Morgan fingerprint density at radius 1 is 1.08 bits per heavy atom. The van der Waals surface area contributed by atoms with Gasteiger partial charge in [0.05, 0.1) is 5.56 Å². The number of aromatic hydroxyl groups is 1. The summed E-state index contributed by atoms with van der Waals surface area (Å²) in [6, 6.07) is 13.9. The molecule has 26 heavy (non-hydrogen) atoms. The molecule has 0 saturated heterocycles. The largest absolute Gasteiger partial charge is 0.508 e. The van der Waals surface area contributed by atoms with Gasteiger partial charge in [-0.1, -0.05) is 35.2 Å². The van der Waals surface area contributed by atoms with E-state index in [-0.39, 0.29) is 11.7 Å². The lowest BCUT2D eigenvalue weighted by Crippen LogP contribution is -2.02. The fourth-order valence-electron chi connectivity index (χ4n) is 1.95. The maximum absolute atomic E-state index is 10.6. The van der Waals surface area contributed by atoms with E-state index in [2.05, 4.69) is 27.1 Å². The molecule has 0 aliphatic heterocycles. The number of rotatable bonds is 4. The van der Waals surface area contributed by atoms with E-state index in [0.717, 1.165) is 10.5 Å².